The third kappa shape index (κ3) is 3.20. The summed E-state index contributed by atoms with van der Waals surface area (Å²) in [4.78, 5) is 25.6. The average Bonchev–Trinajstić information content (AvgIpc) is 2.43. The Balaban J connectivity index is 2.77. The number of carbonyl (C=O) groups is 2. The van der Waals surface area contributed by atoms with Gasteiger partial charge in [0.15, 0.2) is 0 Å². The van der Waals surface area contributed by atoms with Crippen LogP contribution in [0, 0.1) is 5.92 Å². The molecule has 0 aromatic heterocycles. The van der Waals surface area contributed by atoms with Crippen molar-refractivity contribution in [1.29, 1.82) is 0 Å². The fourth-order valence-corrected chi connectivity index (χ4v) is 1.94. The number of morpholine rings is 1. The Labute approximate surface area is 108 Å². The average molecular weight is 257 g/mol. The zero-order chi connectivity index (χ0) is 13.7. The second kappa shape index (κ2) is 6.70. The first-order chi connectivity index (χ1) is 8.52. The molecule has 18 heavy (non-hydrogen) atoms. The second-order valence-corrected chi connectivity index (χ2v) is 4.65. The smallest absolute Gasteiger partial charge is 0.244 e. The molecule has 0 spiro atoms. The van der Waals surface area contributed by atoms with Gasteiger partial charge in [0.05, 0.1) is 19.3 Å². The van der Waals surface area contributed by atoms with E-state index in [4.69, 9.17) is 10.5 Å². The van der Waals surface area contributed by atoms with Crippen molar-refractivity contribution < 1.29 is 14.3 Å². The van der Waals surface area contributed by atoms with Gasteiger partial charge in [0.1, 0.15) is 6.04 Å². The van der Waals surface area contributed by atoms with E-state index in [0.29, 0.717) is 13.2 Å². The van der Waals surface area contributed by atoms with Gasteiger partial charge in [0, 0.05) is 13.6 Å². The van der Waals surface area contributed by atoms with Crippen LogP contribution in [0.4, 0.5) is 0 Å². The Morgan fingerprint density at radius 3 is 2.78 bits per heavy atom. The molecule has 104 valence electrons. The molecule has 0 bridgehead atoms. The van der Waals surface area contributed by atoms with Crippen LogP contribution in [0.25, 0.3) is 0 Å². The number of hydrogen-bond acceptors (Lipinski definition) is 4. The molecule has 0 saturated carbocycles. The Hall–Kier alpha value is -1.14. The third-order valence-corrected chi connectivity index (χ3v) is 3.50. The van der Waals surface area contributed by atoms with E-state index in [2.05, 4.69) is 5.32 Å². The highest BCUT2D eigenvalue weighted by atomic mass is 16.5. The van der Waals surface area contributed by atoms with E-state index >= 15 is 0 Å². The predicted octanol–water partition coefficient (Wildman–Crippen LogP) is -0.667. The highest BCUT2D eigenvalue weighted by Crippen LogP contribution is 2.13. The second-order valence-electron chi connectivity index (χ2n) is 4.65. The maximum atomic E-state index is 12.3. The van der Waals surface area contributed by atoms with Crippen LogP contribution in [-0.4, -0.2) is 55.6 Å². The predicted molar refractivity (Wildman–Crippen MR) is 67.8 cm³/mol. The standard InChI is InChI=1S/C12H23N3O3/c1-4-8(2)10(13)12(17)15-5-6-18-7-9(15)11(16)14-3/h8-10H,4-7,13H2,1-3H3,(H,14,16)/t8?,9?,10-/m0/s1. The SMILES string of the molecule is CCC(C)[C@H](N)C(=O)N1CCOCC1C(=O)NC. The van der Waals surface area contributed by atoms with Gasteiger partial charge in [-0.05, 0) is 5.92 Å². The summed E-state index contributed by atoms with van der Waals surface area (Å²) in [7, 11) is 1.55. The van der Waals surface area contributed by atoms with Gasteiger partial charge in [-0.15, -0.1) is 0 Å². The van der Waals surface area contributed by atoms with Gasteiger partial charge in [-0.3, -0.25) is 9.59 Å². The number of nitrogens with zero attached hydrogens (tertiary/aromatic N) is 1. The molecule has 0 radical (unpaired) electrons. The van der Waals surface area contributed by atoms with Gasteiger partial charge in [0.25, 0.3) is 0 Å². The number of amides is 2. The van der Waals surface area contributed by atoms with Crippen LogP contribution in [0.3, 0.4) is 0 Å². The van der Waals surface area contributed by atoms with E-state index in [1.165, 1.54) is 0 Å². The number of nitrogens with two attached hydrogens (primary N) is 1. The topological polar surface area (TPSA) is 84.7 Å². The summed E-state index contributed by atoms with van der Waals surface area (Å²) in [6.07, 6.45) is 0.835. The molecule has 1 aliphatic rings. The van der Waals surface area contributed by atoms with Gasteiger partial charge >= 0.3 is 0 Å². The zero-order valence-corrected chi connectivity index (χ0v) is 11.3. The molecule has 1 saturated heterocycles. The molecule has 6 heteroatoms. The molecule has 0 aromatic carbocycles. The molecule has 2 unspecified atom stereocenters. The minimum atomic E-state index is -0.564. The number of likely N-dealkylation sites (N-methyl/N-ethyl adjacent to an activating group) is 1. The number of carbonyl (C=O) groups excluding carboxylic acids is 2. The molecule has 0 aliphatic carbocycles. The van der Waals surface area contributed by atoms with Crippen molar-refractivity contribution in [2.75, 3.05) is 26.8 Å². The van der Waals surface area contributed by atoms with Crippen LogP contribution in [0.1, 0.15) is 20.3 Å². The monoisotopic (exact) mass is 257 g/mol. The maximum Gasteiger partial charge on any atom is 0.244 e. The molecule has 3 atom stereocenters. The summed E-state index contributed by atoms with van der Waals surface area (Å²) >= 11 is 0. The van der Waals surface area contributed by atoms with Crippen molar-refractivity contribution in [2.24, 2.45) is 11.7 Å². The van der Waals surface area contributed by atoms with E-state index < -0.39 is 12.1 Å². The summed E-state index contributed by atoms with van der Waals surface area (Å²) in [5, 5.41) is 2.55. The molecule has 1 rings (SSSR count). The molecule has 3 N–H and O–H groups in total. The van der Waals surface area contributed by atoms with Gasteiger partial charge in [-0.2, -0.15) is 0 Å². The van der Waals surface area contributed by atoms with Crippen LogP contribution in [0.5, 0.6) is 0 Å². The number of rotatable bonds is 4. The maximum absolute atomic E-state index is 12.3. The fraction of sp³-hybridized carbons (Fsp3) is 0.833. The first-order valence-corrected chi connectivity index (χ1v) is 6.38. The lowest BCUT2D eigenvalue weighted by Gasteiger charge is -2.36. The molecular weight excluding hydrogens is 234 g/mol. The summed E-state index contributed by atoms with van der Waals surface area (Å²) in [6.45, 7) is 5.04. The number of ether oxygens (including phenoxy) is 1. The summed E-state index contributed by atoms with van der Waals surface area (Å²) < 4.78 is 5.26. The van der Waals surface area contributed by atoms with E-state index in [0.717, 1.165) is 6.42 Å². The summed E-state index contributed by atoms with van der Waals surface area (Å²) in [5.74, 6) is -0.272. The Morgan fingerprint density at radius 2 is 2.22 bits per heavy atom. The number of nitrogens with one attached hydrogen (secondary N) is 1. The minimum Gasteiger partial charge on any atom is -0.377 e. The highest BCUT2D eigenvalue weighted by molar-refractivity contribution is 5.90. The van der Waals surface area contributed by atoms with E-state index in [1.54, 1.807) is 11.9 Å². The molecule has 1 heterocycles. The lowest BCUT2D eigenvalue weighted by atomic mass is 9.98. The Morgan fingerprint density at radius 1 is 1.56 bits per heavy atom. The largest absolute Gasteiger partial charge is 0.377 e. The first kappa shape index (κ1) is 14.9. The summed E-state index contributed by atoms with van der Waals surface area (Å²) in [6, 6.07) is -1.12. The van der Waals surface area contributed by atoms with Crippen LogP contribution in [0.15, 0.2) is 0 Å². The van der Waals surface area contributed by atoms with Crippen molar-refractivity contribution in [3.8, 4) is 0 Å². The van der Waals surface area contributed by atoms with Crippen LogP contribution < -0.4 is 11.1 Å². The van der Waals surface area contributed by atoms with Crippen LogP contribution in [0.2, 0.25) is 0 Å². The van der Waals surface area contributed by atoms with Crippen molar-refractivity contribution in [1.82, 2.24) is 10.2 Å². The molecule has 2 amide bonds. The van der Waals surface area contributed by atoms with E-state index in [9.17, 15) is 9.59 Å². The van der Waals surface area contributed by atoms with E-state index in [-0.39, 0.29) is 24.3 Å². The van der Waals surface area contributed by atoms with Crippen molar-refractivity contribution in [3.05, 3.63) is 0 Å². The number of hydrogen-bond donors (Lipinski definition) is 2. The zero-order valence-electron chi connectivity index (χ0n) is 11.3. The van der Waals surface area contributed by atoms with Gasteiger partial charge in [-0.1, -0.05) is 20.3 Å². The van der Waals surface area contributed by atoms with Gasteiger partial charge in [0.2, 0.25) is 11.8 Å². The normalized spacial score (nSPS) is 23.3. The third-order valence-electron chi connectivity index (χ3n) is 3.50. The highest BCUT2D eigenvalue weighted by Gasteiger charge is 2.35. The molecule has 0 aromatic rings. The van der Waals surface area contributed by atoms with Gasteiger partial charge < -0.3 is 20.7 Å². The van der Waals surface area contributed by atoms with Gasteiger partial charge in [-0.25, -0.2) is 0 Å². The molecule has 1 fully saturated rings. The lowest BCUT2D eigenvalue weighted by Crippen LogP contribution is -2.59. The Bertz CT molecular complexity index is 309. The van der Waals surface area contributed by atoms with Crippen LogP contribution >= 0.6 is 0 Å². The fourth-order valence-electron chi connectivity index (χ4n) is 1.94. The molecule has 1 aliphatic heterocycles. The van der Waals surface area contributed by atoms with Crippen molar-refractivity contribution >= 4 is 11.8 Å². The Kier molecular flexibility index (Phi) is 5.55. The quantitative estimate of drug-likeness (QED) is 0.700. The van der Waals surface area contributed by atoms with Crippen LogP contribution in [-0.2, 0) is 14.3 Å². The first-order valence-electron chi connectivity index (χ1n) is 6.38. The molecule has 6 nitrogen and oxygen atoms in total. The lowest BCUT2D eigenvalue weighted by molar-refractivity contribution is -0.150. The van der Waals surface area contributed by atoms with Crippen molar-refractivity contribution in [2.45, 2.75) is 32.4 Å². The van der Waals surface area contributed by atoms with Crippen molar-refractivity contribution in [3.63, 3.8) is 0 Å². The molecular formula is C12H23N3O3. The van der Waals surface area contributed by atoms with E-state index in [1.807, 2.05) is 13.8 Å². The summed E-state index contributed by atoms with van der Waals surface area (Å²) in [5.41, 5.74) is 5.94. The minimum absolute atomic E-state index is 0.102.